The summed E-state index contributed by atoms with van der Waals surface area (Å²) in [4.78, 5) is 0. The van der Waals surface area contributed by atoms with Gasteiger partial charge < -0.3 is 10.1 Å². The van der Waals surface area contributed by atoms with Crippen molar-refractivity contribution in [1.29, 1.82) is 0 Å². The maximum absolute atomic E-state index is 6.00. The highest BCUT2D eigenvalue weighted by molar-refractivity contribution is 5.31. The number of hydrogen-bond acceptors (Lipinski definition) is 2. The van der Waals surface area contributed by atoms with E-state index in [0.29, 0.717) is 12.1 Å². The molecule has 2 heteroatoms. The molecule has 0 aromatic heterocycles. The molecule has 0 heterocycles. The van der Waals surface area contributed by atoms with Crippen molar-refractivity contribution in [3.63, 3.8) is 0 Å². The molecule has 19 heavy (non-hydrogen) atoms. The highest BCUT2D eigenvalue weighted by Crippen LogP contribution is 2.24. The van der Waals surface area contributed by atoms with Gasteiger partial charge in [0, 0.05) is 0 Å². The van der Waals surface area contributed by atoms with Gasteiger partial charge in [0.1, 0.15) is 0 Å². The average Bonchev–Trinajstić information content (AvgIpc) is 2.35. The van der Waals surface area contributed by atoms with Gasteiger partial charge in [0.25, 0.3) is 0 Å². The Morgan fingerprint density at radius 2 is 2.05 bits per heavy atom. The Bertz CT molecular complexity index is 398. The molecule has 1 aliphatic rings. The third-order valence-corrected chi connectivity index (χ3v) is 4.12. The fourth-order valence-electron chi connectivity index (χ4n) is 2.34. The maximum Gasteiger partial charge on any atom is 0.0665 e. The summed E-state index contributed by atoms with van der Waals surface area (Å²) in [5.41, 5.74) is 4.08. The molecule has 1 fully saturated rings. The van der Waals surface area contributed by atoms with Crippen LogP contribution in [-0.4, -0.2) is 19.3 Å². The van der Waals surface area contributed by atoms with Crippen molar-refractivity contribution in [2.45, 2.75) is 58.6 Å². The van der Waals surface area contributed by atoms with Crippen LogP contribution in [0, 0.1) is 13.8 Å². The molecule has 0 amide bonds. The summed E-state index contributed by atoms with van der Waals surface area (Å²) in [6.07, 6.45) is 5.49. The van der Waals surface area contributed by atoms with Crippen molar-refractivity contribution in [2.24, 2.45) is 0 Å². The van der Waals surface area contributed by atoms with Crippen LogP contribution in [-0.2, 0) is 4.74 Å². The van der Waals surface area contributed by atoms with E-state index in [0.717, 1.165) is 19.6 Å². The van der Waals surface area contributed by atoms with Crippen molar-refractivity contribution < 1.29 is 4.74 Å². The van der Waals surface area contributed by atoms with Gasteiger partial charge in [0.05, 0.1) is 18.8 Å². The number of ether oxygens (including phenoxy) is 1. The number of hydrogen-bond donors (Lipinski definition) is 1. The predicted octanol–water partition coefficient (Wildman–Crippen LogP) is 3.91. The van der Waals surface area contributed by atoms with Crippen molar-refractivity contribution >= 4 is 0 Å². The second kappa shape index (κ2) is 7.06. The second-order valence-electron chi connectivity index (χ2n) is 5.74. The van der Waals surface area contributed by atoms with Crippen LogP contribution in [0.15, 0.2) is 18.2 Å². The minimum absolute atomic E-state index is 0.333. The molecule has 1 aromatic carbocycles. The molecule has 0 radical (unpaired) electrons. The SMILES string of the molecule is CCCNC(COC1CCC1)c1ccc(C)c(C)c1. The first-order chi connectivity index (χ1) is 9.20. The normalized spacial score (nSPS) is 17.2. The van der Waals surface area contributed by atoms with Gasteiger partial charge in [0.2, 0.25) is 0 Å². The summed E-state index contributed by atoms with van der Waals surface area (Å²) in [6, 6.07) is 7.08. The number of nitrogens with one attached hydrogen (secondary N) is 1. The molecule has 1 atom stereocenters. The zero-order valence-electron chi connectivity index (χ0n) is 12.5. The van der Waals surface area contributed by atoms with Crippen LogP contribution in [0.25, 0.3) is 0 Å². The standard InChI is InChI=1S/C17H27NO/c1-4-10-18-17(12-19-16-6-5-7-16)15-9-8-13(2)14(3)11-15/h8-9,11,16-18H,4-7,10,12H2,1-3H3. The lowest BCUT2D eigenvalue weighted by Crippen LogP contribution is -2.30. The van der Waals surface area contributed by atoms with Gasteiger partial charge in [-0.15, -0.1) is 0 Å². The maximum atomic E-state index is 6.00. The number of rotatable bonds is 7. The average molecular weight is 261 g/mol. The molecule has 1 unspecified atom stereocenters. The lowest BCUT2D eigenvalue weighted by molar-refractivity contribution is -0.00876. The zero-order chi connectivity index (χ0) is 13.7. The van der Waals surface area contributed by atoms with E-state index in [1.165, 1.54) is 36.0 Å². The molecule has 0 aliphatic heterocycles. The molecular weight excluding hydrogens is 234 g/mol. The summed E-state index contributed by atoms with van der Waals surface area (Å²) in [5.74, 6) is 0. The second-order valence-corrected chi connectivity index (χ2v) is 5.74. The minimum atomic E-state index is 0.333. The lowest BCUT2D eigenvalue weighted by Gasteiger charge is -2.28. The molecule has 2 rings (SSSR count). The molecular formula is C17H27NO. The topological polar surface area (TPSA) is 21.3 Å². The van der Waals surface area contributed by atoms with E-state index in [2.05, 4.69) is 44.3 Å². The first-order valence-electron chi connectivity index (χ1n) is 7.63. The van der Waals surface area contributed by atoms with E-state index in [9.17, 15) is 0 Å². The van der Waals surface area contributed by atoms with E-state index in [1.807, 2.05) is 0 Å². The van der Waals surface area contributed by atoms with E-state index < -0.39 is 0 Å². The Balaban J connectivity index is 1.99. The summed E-state index contributed by atoms with van der Waals surface area (Å²) in [5, 5.41) is 3.61. The van der Waals surface area contributed by atoms with E-state index in [-0.39, 0.29) is 0 Å². The van der Waals surface area contributed by atoms with Gasteiger partial charge in [-0.3, -0.25) is 0 Å². The Morgan fingerprint density at radius 3 is 2.63 bits per heavy atom. The van der Waals surface area contributed by atoms with Crippen LogP contribution in [0.5, 0.6) is 0 Å². The predicted molar refractivity (Wildman–Crippen MR) is 80.5 cm³/mol. The minimum Gasteiger partial charge on any atom is -0.376 e. The van der Waals surface area contributed by atoms with Gasteiger partial charge in [-0.1, -0.05) is 25.1 Å². The Morgan fingerprint density at radius 1 is 1.26 bits per heavy atom. The Labute approximate surface area is 117 Å². The third kappa shape index (κ3) is 4.05. The Hall–Kier alpha value is -0.860. The fraction of sp³-hybridized carbons (Fsp3) is 0.647. The molecule has 2 nitrogen and oxygen atoms in total. The smallest absolute Gasteiger partial charge is 0.0665 e. The van der Waals surface area contributed by atoms with Crippen molar-refractivity contribution in [1.82, 2.24) is 5.32 Å². The first-order valence-corrected chi connectivity index (χ1v) is 7.63. The molecule has 1 saturated carbocycles. The van der Waals surface area contributed by atoms with Crippen LogP contribution < -0.4 is 5.32 Å². The molecule has 106 valence electrons. The monoisotopic (exact) mass is 261 g/mol. The molecule has 0 saturated heterocycles. The molecule has 0 bridgehead atoms. The van der Waals surface area contributed by atoms with Crippen molar-refractivity contribution in [3.05, 3.63) is 34.9 Å². The van der Waals surface area contributed by atoms with Crippen molar-refractivity contribution in [2.75, 3.05) is 13.2 Å². The van der Waals surface area contributed by atoms with Crippen molar-refractivity contribution in [3.8, 4) is 0 Å². The third-order valence-electron chi connectivity index (χ3n) is 4.12. The quantitative estimate of drug-likeness (QED) is 0.803. The number of benzene rings is 1. The zero-order valence-corrected chi connectivity index (χ0v) is 12.5. The van der Waals surface area contributed by atoms with Crippen LogP contribution in [0.2, 0.25) is 0 Å². The molecule has 0 spiro atoms. The van der Waals surface area contributed by atoms with E-state index in [1.54, 1.807) is 0 Å². The van der Waals surface area contributed by atoms with E-state index in [4.69, 9.17) is 4.74 Å². The Kier molecular flexibility index (Phi) is 5.41. The van der Waals surface area contributed by atoms with Crippen LogP contribution in [0.3, 0.4) is 0 Å². The summed E-state index contributed by atoms with van der Waals surface area (Å²) < 4.78 is 6.00. The summed E-state index contributed by atoms with van der Waals surface area (Å²) in [6.45, 7) is 8.40. The van der Waals surface area contributed by atoms with Crippen LogP contribution in [0.4, 0.5) is 0 Å². The molecule has 1 aromatic rings. The highest BCUT2D eigenvalue weighted by Gasteiger charge is 2.20. The van der Waals surface area contributed by atoms with Gasteiger partial charge >= 0.3 is 0 Å². The van der Waals surface area contributed by atoms with Crippen LogP contribution >= 0.6 is 0 Å². The van der Waals surface area contributed by atoms with Gasteiger partial charge in [-0.25, -0.2) is 0 Å². The first kappa shape index (κ1) is 14.5. The lowest BCUT2D eigenvalue weighted by atomic mass is 9.96. The van der Waals surface area contributed by atoms with Gasteiger partial charge in [-0.2, -0.15) is 0 Å². The highest BCUT2D eigenvalue weighted by atomic mass is 16.5. The fourth-order valence-corrected chi connectivity index (χ4v) is 2.34. The van der Waals surface area contributed by atoms with E-state index >= 15 is 0 Å². The molecule has 1 N–H and O–H groups in total. The largest absolute Gasteiger partial charge is 0.376 e. The van der Waals surface area contributed by atoms with Gasteiger partial charge in [-0.05, 0) is 62.8 Å². The number of aryl methyl sites for hydroxylation is 2. The van der Waals surface area contributed by atoms with Crippen LogP contribution in [0.1, 0.15) is 55.3 Å². The van der Waals surface area contributed by atoms with Gasteiger partial charge in [0.15, 0.2) is 0 Å². The summed E-state index contributed by atoms with van der Waals surface area (Å²) in [7, 11) is 0. The summed E-state index contributed by atoms with van der Waals surface area (Å²) >= 11 is 0. The molecule has 1 aliphatic carbocycles.